The van der Waals surface area contributed by atoms with Crippen LogP contribution in [0.3, 0.4) is 0 Å². The standard InChI is InChI=1S/C11H10F6N2O5S/c12-10(13,14)9(11(15,16)17)8(5-20)18-25(23,24)7-3-1-6(2-4-7)19(21)22/h1-4,8-9,18,20H,5H2. The Kier molecular flexibility index (Phi) is 6.02. The second kappa shape index (κ2) is 7.13. The molecule has 0 radical (unpaired) electrons. The monoisotopic (exact) mass is 396 g/mol. The van der Waals surface area contributed by atoms with Gasteiger partial charge in [0, 0.05) is 12.1 Å². The van der Waals surface area contributed by atoms with Crippen molar-refractivity contribution < 1.29 is 44.8 Å². The normalized spacial score (nSPS) is 14.6. The molecule has 0 aliphatic rings. The van der Waals surface area contributed by atoms with Gasteiger partial charge in [0.15, 0.2) is 5.92 Å². The van der Waals surface area contributed by atoms with Crippen LogP contribution in [0.4, 0.5) is 32.0 Å². The van der Waals surface area contributed by atoms with Crippen LogP contribution >= 0.6 is 0 Å². The maximum Gasteiger partial charge on any atom is 0.402 e. The van der Waals surface area contributed by atoms with Crippen molar-refractivity contribution >= 4 is 15.7 Å². The van der Waals surface area contributed by atoms with Crippen molar-refractivity contribution in [2.24, 2.45) is 5.92 Å². The molecule has 0 aliphatic carbocycles. The van der Waals surface area contributed by atoms with Crippen molar-refractivity contribution in [3.05, 3.63) is 34.4 Å². The van der Waals surface area contributed by atoms with E-state index in [0.717, 1.165) is 4.72 Å². The number of sulfonamides is 1. The van der Waals surface area contributed by atoms with Crippen LogP contribution in [0, 0.1) is 16.0 Å². The van der Waals surface area contributed by atoms with Crippen molar-refractivity contribution in [3.63, 3.8) is 0 Å². The summed E-state index contributed by atoms with van der Waals surface area (Å²) in [7, 11) is -4.91. The molecule has 0 spiro atoms. The molecule has 0 heterocycles. The SMILES string of the molecule is O=[N+]([O-])c1ccc(S(=O)(=O)NC(CO)C(C(F)(F)F)C(F)(F)F)cc1. The number of benzene rings is 1. The van der Waals surface area contributed by atoms with Gasteiger partial charge in [-0.05, 0) is 12.1 Å². The van der Waals surface area contributed by atoms with Gasteiger partial charge in [0.05, 0.1) is 22.5 Å². The Hall–Kier alpha value is -1.93. The molecule has 1 aromatic carbocycles. The smallest absolute Gasteiger partial charge is 0.395 e. The molecule has 1 unspecified atom stereocenters. The predicted molar refractivity (Wildman–Crippen MR) is 69.9 cm³/mol. The van der Waals surface area contributed by atoms with Crippen LogP contribution in [0.2, 0.25) is 0 Å². The lowest BCUT2D eigenvalue weighted by molar-refractivity contribution is -0.384. The van der Waals surface area contributed by atoms with Crippen molar-refractivity contribution in [3.8, 4) is 0 Å². The van der Waals surface area contributed by atoms with Crippen LogP contribution in [0.15, 0.2) is 29.2 Å². The summed E-state index contributed by atoms with van der Waals surface area (Å²) in [5.41, 5.74) is -0.541. The molecule has 25 heavy (non-hydrogen) atoms. The first-order chi connectivity index (χ1) is 11.2. The maximum absolute atomic E-state index is 12.6. The van der Waals surface area contributed by atoms with Crippen LogP contribution in [0.1, 0.15) is 0 Å². The summed E-state index contributed by atoms with van der Waals surface area (Å²) in [6, 6.07) is -0.266. The molecule has 14 heteroatoms. The van der Waals surface area contributed by atoms with E-state index in [1.165, 1.54) is 0 Å². The van der Waals surface area contributed by atoms with E-state index in [4.69, 9.17) is 5.11 Å². The van der Waals surface area contributed by atoms with Crippen LogP contribution < -0.4 is 4.72 Å². The van der Waals surface area contributed by atoms with E-state index >= 15 is 0 Å². The lowest BCUT2D eigenvalue weighted by Gasteiger charge is -2.29. The number of aliphatic hydroxyl groups is 1. The van der Waals surface area contributed by atoms with Gasteiger partial charge in [-0.25, -0.2) is 13.1 Å². The van der Waals surface area contributed by atoms with Crippen LogP contribution in [0.25, 0.3) is 0 Å². The number of halogens is 6. The number of nitrogens with one attached hydrogen (secondary N) is 1. The zero-order chi connectivity index (χ0) is 19.6. The fourth-order valence-electron chi connectivity index (χ4n) is 1.87. The van der Waals surface area contributed by atoms with Crippen LogP contribution in [-0.2, 0) is 10.0 Å². The summed E-state index contributed by atoms with van der Waals surface area (Å²) in [6.45, 7) is -1.78. The summed E-state index contributed by atoms with van der Waals surface area (Å²) in [5.74, 6) is -4.14. The quantitative estimate of drug-likeness (QED) is 0.434. The Morgan fingerprint density at radius 1 is 1.08 bits per heavy atom. The minimum atomic E-state index is -5.87. The number of rotatable bonds is 6. The third-order valence-electron chi connectivity index (χ3n) is 2.97. The summed E-state index contributed by atoms with van der Waals surface area (Å²) in [6.07, 6.45) is -11.7. The number of hydrogen-bond acceptors (Lipinski definition) is 5. The summed E-state index contributed by atoms with van der Waals surface area (Å²) in [5, 5.41) is 19.3. The minimum absolute atomic E-state index is 0.541. The molecule has 0 saturated heterocycles. The number of nitro groups is 1. The zero-order valence-corrected chi connectivity index (χ0v) is 12.7. The second-order valence-corrected chi connectivity index (χ2v) is 6.44. The topological polar surface area (TPSA) is 110 Å². The Bertz CT molecular complexity index is 702. The van der Waals surface area contributed by atoms with Crippen molar-refractivity contribution in [2.45, 2.75) is 23.3 Å². The van der Waals surface area contributed by atoms with Crippen molar-refractivity contribution in [2.75, 3.05) is 6.61 Å². The molecule has 142 valence electrons. The predicted octanol–water partition coefficient (Wildman–Crippen LogP) is 1.97. The largest absolute Gasteiger partial charge is 0.402 e. The van der Waals surface area contributed by atoms with E-state index in [9.17, 15) is 44.9 Å². The summed E-state index contributed by atoms with van der Waals surface area (Å²) < 4.78 is 101. The van der Waals surface area contributed by atoms with Gasteiger partial charge in [-0.3, -0.25) is 10.1 Å². The number of non-ortho nitro benzene ring substituents is 1. The Labute approximate surface area is 136 Å². The van der Waals surface area contributed by atoms with Crippen molar-refractivity contribution in [1.29, 1.82) is 0 Å². The lowest BCUT2D eigenvalue weighted by atomic mass is 10.00. The van der Waals surface area contributed by atoms with Gasteiger partial charge in [0.25, 0.3) is 5.69 Å². The Morgan fingerprint density at radius 2 is 1.52 bits per heavy atom. The van der Waals surface area contributed by atoms with E-state index in [2.05, 4.69) is 0 Å². The molecular weight excluding hydrogens is 386 g/mol. The number of nitro benzene ring substituents is 1. The molecule has 0 saturated carbocycles. The molecule has 0 bridgehead atoms. The minimum Gasteiger partial charge on any atom is -0.395 e. The van der Waals surface area contributed by atoms with Gasteiger partial charge in [-0.2, -0.15) is 26.3 Å². The van der Waals surface area contributed by atoms with E-state index in [1.807, 2.05) is 0 Å². The number of hydrogen-bond donors (Lipinski definition) is 2. The van der Waals surface area contributed by atoms with Gasteiger partial charge >= 0.3 is 12.4 Å². The fourth-order valence-corrected chi connectivity index (χ4v) is 3.11. The first kappa shape index (κ1) is 21.1. The zero-order valence-electron chi connectivity index (χ0n) is 11.9. The van der Waals surface area contributed by atoms with E-state index in [1.54, 1.807) is 0 Å². The van der Waals surface area contributed by atoms with Gasteiger partial charge in [0.2, 0.25) is 10.0 Å². The third-order valence-corrected chi connectivity index (χ3v) is 4.47. The highest BCUT2D eigenvalue weighted by molar-refractivity contribution is 7.89. The molecular formula is C11H10F6N2O5S. The highest BCUT2D eigenvalue weighted by Crippen LogP contribution is 2.41. The molecule has 0 aromatic heterocycles. The molecule has 1 rings (SSSR count). The van der Waals surface area contributed by atoms with E-state index in [0.29, 0.717) is 24.3 Å². The van der Waals surface area contributed by atoms with Crippen LogP contribution in [-0.4, -0.2) is 43.4 Å². The van der Waals surface area contributed by atoms with Crippen LogP contribution in [0.5, 0.6) is 0 Å². The highest BCUT2D eigenvalue weighted by Gasteiger charge is 2.60. The van der Waals surface area contributed by atoms with E-state index < -0.39 is 56.4 Å². The first-order valence-electron chi connectivity index (χ1n) is 6.21. The first-order valence-corrected chi connectivity index (χ1v) is 7.69. The Morgan fingerprint density at radius 3 is 1.84 bits per heavy atom. The fraction of sp³-hybridized carbons (Fsp3) is 0.455. The average molecular weight is 396 g/mol. The molecule has 1 atom stereocenters. The molecule has 0 fully saturated rings. The van der Waals surface area contributed by atoms with Gasteiger partial charge < -0.3 is 5.11 Å². The average Bonchev–Trinajstić information content (AvgIpc) is 2.43. The Balaban J connectivity index is 3.19. The second-order valence-electron chi connectivity index (χ2n) is 4.72. The highest BCUT2D eigenvalue weighted by atomic mass is 32.2. The van der Waals surface area contributed by atoms with Gasteiger partial charge in [0.1, 0.15) is 0 Å². The van der Waals surface area contributed by atoms with Gasteiger partial charge in [-0.1, -0.05) is 0 Å². The van der Waals surface area contributed by atoms with Crippen molar-refractivity contribution in [1.82, 2.24) is 4.72 Å². The number of aliphatic hydroxyl groups excluding tert-OH is 1. The molecule has 1 aromatic rings. The molecule has 0 aliphatic heterocycles. The summed E-state index contributed by atoms with van der Waals surface area (Å²) in [4.78, 5) is 8.76. The van der Waals surface area contributed by atoms with Gasteiger partial charge in [-0.15, -0.1) is 0 Å². The number of nitrogens with zero attached hydrogens (tertiary/aromatic N) is 1. The molecule has 2 N–H and O–H groups in total. The summed E-state index contributed by atoms with van der Waals surface area (Å²) >= 11 is 0. The lowest BCUT2D eigenvalue weighted by Crippen LogP contribution is -2.54. The number of alkyl halides is 6. The third kappa shape index (κ3) is 5.27. The molecule has 7 nitrogen and oxygen atoms in total. The molecule has 0 amide bonds. The van der Waals surface area contributed by atoms with E-state index in [-0.39, 0.29) is 0 Å². The maximum atomic E-state index is 12.6.